The minimum atomic E-state index is -4.77. The molecule has 0 aromatic heterocycles. The summed E-state index contributed by atoms with van der Waals surface area (Å²) in [5.74, 6) is -2.84. The van der Waals surface area contributed by atoms with Gasteiger partial charge in [-0.15, -0.1) is 0 Å². The van der Waals surface area contributed by atoms with Crippen molar-refractivity contribution in [3.05, 3.63) is 0 Å². The summed E-state index contributed by atoms with van der Waals surface area (Å²) in [4.78, 5) is 11.5. The minimum Gasteiger partial charge on any atom is -0.435 e. The zero-order chi connectivity index (χ0) is 14.0. The van der Waals surface area contributed by atoms with Crippen LogP contribution in [-0.4, -0.2) is 48.8 Å². The standard InChI is InChI=1S/C9H13F5N2O2/c10-8(11)1-3-16(4-2-8)5-6(9(12,13)14)18-7(15)17/h6H,1-5H2,(H2,15,17)/t6-/m0/s1. The van der Waals surface area contributed by atoms with E-state index < -0.39 is 43.7 Å². The number of piperidine rings is 1. The number of hydrogen-bond acceptors (Lipinski definition) is 3. The summed E-state index contributed by atoms with van der Waals surface area (Å²) in [6.07, 6.45) is -9.71. The molecule has 1 fully saturated rings. The molecule has 0 aliphatic carbocycles. The summed E-state index contributed by atoms with van der Waals surface area (Å²) in [5.41, 5.74) is 4.54. The smallest absolute Gasteiger partial charge is 0.426 e. The molecule has 1 rings (SSSR count). The number of primary amides is 1. The zero-order valence-electron chi connectivity index (χ0n) is 9.34. The van der Waals surface area contributed by atoms with Crippen LogP contribution >= 0.6 is 0 Å². The van der Waals surface area contributed by atoms with Crippen molar-refractivity contribution in [2.45, 2.75) is 31.0 Å². The lowest BCUT2D eigenvalue weighted by Gasteiger charge is -2.34. The van der Waals surface area contributed by atoms with Gasteiger partial charge in [0.25, 0.3) is 5.92 Å². The molecule has 1 amide bonds. The predicted molar refractivity (Wildman–Crippen MR) is 51.1 cm³/mol. The maximum absolute atomic E-state index is 12.8. The van der Waals surface area contributed by atoms with Crippen LogP contribution < -0.4 is 5.73 Å². The second kappa shape index (κ2) is 5.25. The number of hydrogen-bond donors (Lipinski definition) is 1. The van der Waals surface area contributed by atoms with E-state index >= 15 is 0 Å². The van der Waals surface area contributed by atoms with Gasteiger partial charge in [-0.3, -0.25) is 4.90 Å². The number of rotatable bonds is 3. The molecule has 0 spiro atoms. The third-order valence-electron chi connectivity index (χ3n) is 2.64. The highest BCUT2D eigenvalue weighted by atomic mass is 19.4. The maximum Gasteiger partial charge on any atom is 0.426 e. The van der Waals surface area contributed by atoms with E-state index in [-0.39, 0.29) is 13.1 Å². The lowest BCUT2D eigenvalue weighted by molar-refractivity contribution is -0.209. The number of carbonyl (C=O) groups is 1. The van der Waals surface area contributed by atoms with Gasteiger partial charge >= 0.3 is 12.3 Å². The molecule has 106 valence electrons. The van der Waals surface area contributed by atoms with Gasteiger partial charge in [-0.25, -0.2) is 13.6 Å². The van der Waals surface area contributed by atoms with E-state index in [9.17, 15) is 26.7 Å². The molecule has 0 radical (unpaired) electrons. The summed E-state index contributed by atoms with van der Waals surface area (Å²) < 4.78 is 67.0. The van der Waals surface area contributed by atoms with Crippen molar-refractivity contribution in [2.75, 3.05) is 19.6 Å². The van der Waals surface area contributed by atoms with E-state index in [0.717, 1.165) is 0 Å². The Labute approximate surface area is 99.9 Å². The van der Waals surface area contributed by atoms with E-state index in [1.807, 2.05) is 0 Å². The highest BCUT2D eigenvalue weighted by molar-refractivity contribution is 5.64. The molecule has 0 saturated carbocycles. The normalized spacial score (nSPS) is 22.5. The second-order valence-corrected chi connectivity index (χ2v) is 4.12. The van der Waals surface area contributed by atoms with Gasteiger partial charge in [-0.05, 0) is 0 Å². The molecule has 0 unspecified atom stereocenters. The quantitative estimate of drug-likeness (QED) is 0.799. The lowest BCUT2D eigenvalue weighted by atomic mass is 10.1. The van der Waals surface area contributed by atoms with Crippen LogP contribution in [0.15, 0.2) is 0 Å². The Morgan fingerprint density at radius 1 is 1.33 bits per heavy atom. The molecule has 1 aliphatic rings. The van der Waals surface area contributed by atoms with Crippen molar-refractivity contribution in [3.8, 4) is 0 Å². The van der Waals surface area contributed by atoms with Gasteiger partial charge in [-0.2, -0.15) is 13.2 Å². The molecule has 4 nitrogen and oxygen atoms in total. The van der Waals surface area contributed by atoms with Gasteiger partial charge in [0.15, 0.2) is 0 Å². The van der Waals surface area contributed by atoms with Crippen LogP contribution in [0.2, 0.25) is 0 Å². The van der Waals surface area contributed by atoms with Gasteiger partial charge < -0.3 is 10.5 Å². The molecule has 1 atom stereocenters. The van der Waals surface area contributed by atoms with Crippen molar-refractivity contribution < 1.29 is 31.5 Å². The summed E-state index contributed by atoms with van der Waals surface area (Å²) >= 11 is 0. The molecule has 0 bridgehead atoms. The molecule has 1 aliphatic heterocycles. The van der Waals surface area contributed by atoms with E-state index in [4.69, 9.17) is 0 Å². The minimum absolute atomic E-state index is 0.179. The largest absolute Gasteiger partial charge is 0.435 e. The Morgan fingerprint density at radius 2 is 1.83 bits per heavy atom. The van der Waals surface area contributed by atoms with Crippen molar-refractivity contribution in [1.29, 1.82) is 0 Å². The first-order valence-corrected chi connectivity index (χ1v) is 5.23. The average molecular weight is 276 g/mol. The van der Waals surface area contributed by atoms with Gasteiger partial charge in [0.2, 0.25) is 6.10 Å². The fourth-order valence-electron chi connectivity index (χ4n) is 1.65. The third-order valence-corrected chi connectivity index (χ3v) is 2.64. The highest BCUT2D eigenvalue weighted by Crippen LogP contribution is 2.29. The van der Waals surface area contributed by atoms with Crippen molar-refractivity contribution in [2.24, 2.45) is 5.73 Å². The van der Waals surface area contributed by atoms with Gasteiger partial charge in [0.05, 0.1) is 0 Å². The molecule has 9 heteroatoms. The SMILES string of the molecule is NC(=O)O[C@@H](CN1CCC(F)(F)CC1)C(F)(F)F. The Morgan fingerprint density at radius 3 is 2.22 bits per heavy atom. The fourth-order valence-corrected chi connectivity index (χ4v) is 1.65. The molecule has 1 heterocycles. The Kier molecular flexibility index (Phi) is 4.36. The topological polar surface area (TPSA) is 55.6 Å². The Balaban J connectivity index is 2.54. The number of alkyl halides is 5. The number of ether oxygens (including phenoxy) is 1. The molecule has 2 N–H and O–H groups in total. The maximum atomic E-state index is 12.8. The number of halogens is 5. The first-order chi connectivity index (χ1) is 8.10. The fraction of sp³-hybridized carbons (Fsp3) is 0.889. The van der Waals surface area contributed by atoms with Crippen LogP contribution in [0.3, 0.4) is 0 Å². The van der Waals surface area contributed by atoms with Crippen molar-refractivity contribution >= 4 is 6.09 Å². The number of likely N-dealkylation sites (tertiary alicyclic amines) is 1. The van der Waals surface area contributed by atoms with Crippen molar-refractivity contribution in [1.82, 2.24) is 4.90 Å². The summed E-state index contributed by atoms with van der Waals surface area (Å²) in [6, 6.07) is 0. The lowest BCUT2D eigenvalue weighted by Crippen LogP contribution is -2.48. The van der Waals surface area contributed by atoms with Crippen molar-refractivity contribution in [3.63, 3.8) is 0 Å². The summed E-state index contributed by atoms with van der Waals surface area (Å²) in [7, 11) is 0. The Hall–Kier alpha value is -1.12. The number of nitrogens with two attached hydrogens (primary N) is 1. The first kappa shape index (κ1) is 14.9. The monoisotopic (exact) mass is 276 g/mol. The molecule has 0 aromatic carbocycles. The van der Waals surface area contributed by atoms with Crippen LogP contribution in [0.25, 0.3) is 0 Å². The number of amides is 1. The summed E-state index contributed by atoms with van der Waals surface area (Å²) in [6.45, 7) is -1.04. The highest BCUT2D eigenvalue weighted by Gasteiger charge is 2.45. The van der Waals surface area contributed by atoms with Crippen LogP contribution in [0.5, 0.6) is 0 Å². The molecular formula is C9H13F5N2O2. The van der Waals surface area contributed by atoms with Crippen LogP contribution in [-0.2, 0) is 4.74 Å². The predicted octanol–water partition coefficient (Wildman–Crippen LogP) is 1.74. The number of nitrogens with zero attached hydrogens (tertiary/aromatic N) is 1. The van der Waals surface area contributed by atoms with Crippen LogP contribution in [0.1, 0.15) is 12.8 Å². The second-order valence-electron chi connectivity index (χ2n) is 4.12. The third kappa shape index (κ3) is 4.63. The average Bonchev–Trinajstić information content (AvgIpc) is 2.18. The van der Waals surface area contributed by atoms with Crippen LogP contribution in [0, 0.1) is 0 Å². The summed E-state index contributed by atoms with van der Waals surface area (Å²) in [5, 5.41) is 0. The van der Waals surface area contributed by atoms with E-state index in [1.165, 1.54) is 4.90 Å². The molecule has 18 heavy (non-hydrogen) atoms. The molecule has 0 aromatic rings. The first-order valence-electron chi connectivity index (χ1n) is 5.23. The van der Waals surface area contributed by atoms with E-state index in [2.05, 4.69) is 10.5 Å². The van der Waals surface area contributed by atoms with E-state index in [0.29, 0.717) is 0 Å². The van der Waals surface area contributed by atoms with Gasteiger partial charge in [0.1, 0.15) is 0 Å². The molecular weight excluding hydrogens is 263 g/mol. The Bertz CT molecular complexity index is 298. The van der Waals surface area contributed by atoms with Crippen LogP contribution in [0.4, 0.5) is 26.7 Å². The van der Waals surface area contributed by atoms with E-state index in [1.54, 1.807) is 0 Å². The zero-order valence-corrected chi connectivity index (χ0v) is 9.34. The number of carbonyl (C=O) groups excluding carboxylic acids is 1. The van der Waals surface area contributed by atoms with Gasteiger partial charge in [-0.1, -0.05) is 0 Å². The van der Waals surface area contributed by atoms with Gasteiger partial charge in [0, 0.05) is 32.5 Å². The molecule has 1 saturated heterocycles.